The Morgan fingerprint density at radius 2 is 1.91 bits per heavy atom. The maximum absolute atomic E-state index is 6.33. The van der Waals surface area contributed by atoms with Gasteiger partial charge in [-0.1, -0.05) is 23.7 Å². The molecule has 0 spiro atoms. The minimum Gasteiger partial charge on any atom is -0.399 e. The van der Waals surface area contributed by atoms with Gasteiger partial charge in [0, 0.05) is 11.3 Å². The lowest BCUT2D eigenvalue weighted by Gasteiger charge is -2.08. The second-order valence-corrected chi connectivity index (χ2v) is 5.52. The number of benzene rings is 2. The Bertz CT molecular complexity index is 1020. The van der Waals surface area contributed by atoms with Gasteiger partial charge in [-0.3, -0.25) is 4.40 Å². The molecule has 0 bridgehead atoms. The lowest BCUT2D eigenvalue weighted by Crippen LogP contribution is -1.98. The molecule has 0 saturated heterocycles. The van der Waals surface area contributed by atoms with E-state index in [9.17, 15) is 0 Å². The van der Waals surface area contributed by atoms with Crippen LogP contribution in [0.2, 0.25) is 5.02 Å². The molecule has 2 aromatic heterocycles. The van der Waals surface area contributed by atoms with Gasteiger partial charge in [-0.05, 0) is 37.3 Å². The molecule has 0 saturated carbocycles. The predicted octanol–water partition coefficient (Wildman–Crippen LogP) is 3.49. The molecule has 5 nitrogen and oxygen atoms in total. The maximum atomic E-state index is 6.33. The molecule has 22 heavy (non-hydrogen) atoms. The summed E-state index contributed by atoms with van der Waals surface area (Å²) in [5, 5.41) is 9.16. The normalized spacial score (nSPS) is 11.4. The molecular weight excluding hydrogens is 298 g/mol. The molecule has 0 atom stereocenters. The first-order valence-electron chi connectivity index (χ1n) is 6.81. The summed E-state index contributed by atoms with van der Waals surface area (Å²) in [5.74, 6) is 0.661. The van der Waals surface area contributed by atoms with Crippen molar-refractivity contribution in [1.29, 1.82) is 0 Å². The quantitative estimate of drug-likeness (QED) is 0.546. The fraction of sp³-hybridized carbons (Fsp3) is 0.0625. The SMILES string of the molecule is Cc1nc2ccccc2n2c(-c3cc(N)ccc3Cl)nnc12. The molecule has 0 aliphatic heterocycles. The van der Waals surface area contributed by atoms with E-state index >= 15 is 0 Å². The van der Waals surface area contributed by atoms with E-state index < -0.39 is 0 Å². The van der Waals surface area contributed by atoms with E-state index in [0.29, 0.717) is 22.2 Å². The third-order valence-electron chi connectivity index (χ3n) is 3.63. The topological polar surface area (TPSA) is 69.1 Å². The van der Waals surface area contributed by atoms with E-state index in [4.69, 9.17) is 17.3 Å². The Labute approximate surface area is 131 Å². The Balaban J connectivity index is 2.18. The number of hydrogen-bond acceptors (Lipinski definition) is 4. The molecule has 0 amide bonds. The number of nitrogens with two attached hydrogens (primary N) is 1. The van der Waals surface area contributed by atoms with Crippen LogP contribution in [0.25, 0.3) is 28.1 Å². The van der Waals surface area contributed by atoms with E-state index in [2.05, 4.69) is 15.2 Å². The highest BCUT2D eigenvalue weighted by Gasteiger charge is 2.16. The number of halogens is 1. The second kappa shape index (κ2) is 4.68. The van der Waals surface area contributed by atoms with Crippen LogP contribution < -0.4 is 5.73 Å². The minimum atomic E-state index is 0.585. The fourth-order valence-corrected chi connectivity index (χ4v) is 2.82. The zero-order valence-corrected chi connectivity index (χ0v) is 12.5. The van der Waals surface area contributed by atoms with Gasteiger partial charge in [-0.25, -0.2) is 4.98 Å². The van der Waals surface area contributed by atoms with Crippen LogP contribution in [0.3, 0.4) is 0 Å². The molecule has 2 heterocycles. The van der Waals surface area contributed by atoms with E-state index in [1.807, 2.05) is 41.7 Å². The molecule has 4 aromatic rings. The van der Waals surface area contributed by atoms with Crippen LogP contribution in [0.4, 0.5) is 5.69 Å². The molecule has 0 fully saturated rings. The third kappa shape index (κ3) is 1.83. The summed E-state index contributed by atoms with van der Waals surface area (Å²) >= 11 is 6.33. The van der Waals surface area contributed by atoms with Crippen molar-refractivity contribution in [2.75, 3.05) is 5.73 Å². The lowest BCUT2D eigenvalue weighted by atomic mass is 10.2. The van der Waals surface area contributed by atoms with Gasteiger partial charge >= 0.3 is 0 Å². The van der Waals surface area contributed by atoms with Crippen LogP contribution in [0.5, 0.6) is 0 Å². The number of nitrogen functional groups attached to an aromatic ring is 1. The number of fused-ring (bicyclic) bond motifs is 3. The summed E-state index contributed by atoms with van der Waals surface area (Å²) in [6.07, 6.45) is 0. The Hall–Kier alpha value is -2.66. The number of aromatic nitrogens is 4. The average molecular weight is 310 g/mol. The predicted molar refractivity (Wildman–Crippen MR) is 87.9 cm³/mol. The van der Waals surface area contributed by atoms with Gasteiger partial charge in [0.2, 0.25) is 0 Å². The molecule has 0 unspecified atom stereocenters. The highest BCUT2D eigenvalue weighted by atomic mass is 35.5. The molecule has 6 heteroatoms. The average Bonchev–Trinajstić information content (AvgIpc) is 2.95. The molecular formula is C16H12ClN5. The Morgan fingerprint density at radius 3 is 2.77 bits per heavy atom. The number of nitrogens with zero attached hydrogens (tertiary/aromatic N) is 4. The van der Waals surface area contributed by atoms with Crippen molar-refractivity contribution in [2.24, 2.45) is 0 Å². The van der Waals surface area contributed by atoms with Gasteiger partial charge in [-0.15, -0.1) is 10.2 Å². The zero-order chi connectivity index (χ0) is 15.3. The van der Waals surface area contributed by atoms with E-state index in [-0.39, 0.29) is 0 Å². The number of hydrogen-bond donors (Lipinski definition) is 1. The third-order valence-corrected chi connectivity index (χ3v) is 3.96. The van der Waals surface area contributed by atoms with Crippen molar-refractivity contribution in [2.45, 2.75) is 6.92 Å². The zero-order valence-electron chi connectivity index (χ0n) is 11.8. The van der Waals surface area contributed by atoms with Gasteiger partial charge in [0.15, 0.2) is 11.5 Å². The number of anilines is 1. The number of rotatable bonds is 1. The summed E-state index contributed by atoms with van der Waals surface area (Å²) in [7, 11) is 0. The van der Waals surface area contributed by atoms with E-state index in [1.165, 1.54) is 0 Å². The van der Waals surface area contributed by atoms with Crippen molar-refractivity contribution in [3.8, 4) is 11.4 Å². The lowest BCUT2D eigenvalue weighted by molar-refractivity contribution is 1.11. The highest BCUT2D eigenvalue weighted by Crippen LogP contribution is 2.30. The van der Waals surface area contributed by atoms with Gasteiger partial charge in [0.25, 0.3) is 0 Å². The van der Waals surface area contributed by atoms with Crippen LogP contribution in [-0.2, 0) is 0 Å². The van der Waals surface area contributed by atoms with Crippen molar-refractivity contribution >= 4 is 34.0 Å². The molecule has 0 aliphatic carbocycles. The first-order valence-corrected chi connectivity index (χ1v) is 7.19. The fourth-order valence-electron chi connectivity index (χ4n) is 2.61. The van der Waals surface area contributed by atoms with Gasteiger partial charge in [0.1, 0.15) is 0 Å². The van der Waals surface area contributed by atoms with Crippen LogP contribution in [-0.4, -0.2) is 19.6 Å². The molecule has 4 rings (SSSR count). The standard InChI is InChI=1S/C16H12ClN5/c1-9-15-20-21-16(11-8-10(18)6-7-12(11)17)22(15)14-5-3-2-4-13(14)19-9/h2-8H,18H2,1H3. The number of para-hydroxylation sites is 2. The van der Waals surface area contributed by atoms with Crippen LogP contribution >= 0.6 is 11.6 Å². The summed E-state index contributed by atoms with van der Waals surface area (Å²) in [6.45, 7) is 1.92. The van der Waals surface area contributed by atoms with Crippen LogP contribution in [0.15, 0.2) is 42.5 Å². The van der Waals surface area contributed by atoms with Gasteiger partial charge in [-0.2, -0.15) is 0 Å². The van der Waals surface area contributed by atoms with Crippen LogP contribution in [0.1, 0.15) is 5.69 Å². The monoisotopic (exact) mass is 309 g/mol. The van der Waals surface area contributed by atoms with Crippen molar-refractivity contribution in [3.63, 3.8) is 0 Å². The van der Waals surface area contributed by atoms with Crippen LogP contribution in [0, 0.1) is 6.92 Å². The Kier molecular flexibility index (Phi) is 2.77. The Morgan fingerprint density at radius 1 is 1.09 bits per heavy atom. The van der Waals surface area contributed by atoms with E-state index in [0.717, 1.165) is 22.3 Å². The summed E-state index contributed by atoms with van der Waals surface area (Å²) in [5.41, 5.74) is 10.6. The molecule has 0 aliphatic rings. The first-order chi connectivity index (χ1) is 10.6. The van der Waals surface area contributed by atoms with Gasteiger partial charge in [0.05, 0.1) is 21.7 Å². The largest absolute Gasteiger partial charge is 0.399 e. The van der Waals surface area contributed by atoms with Crippen molar-refractivity contribution < 1.29 is 0 Å². The number of aryl methyl sites for hydroxylation is 1. The van der Waals surface area contributed by atoms with Gasteiger partial charge < -0.3 is 5.73 Å². The molecule has 2 N–H and O–H groups in total. The second-order valence-electron chi connectivity index (χ2n) is 5.11. The summed E-state index contributed by atoms with van der Waals surface area (Å²) in [4.78, 5) is 4.57. The maximum Gasteiger partial charge on any atom is 0.183 e. The van der Waals surface area contributed by atoms with Crippen molar-refractivity contribution in [1.82, 2.24) is 19.6 Å². The molecule has 108 valence electrons. The summed E-state index contributed by atoms with van der Waals surface area (Å²) in [6, 6.07) is 13.2. The first kappa shape index (κ1) is 13.0. The summed E-state index contributed by atoms with van der Waals surface area (Å²) < 4.78 is 1.97. The van der Waals surface area contributed by atoms with E-state index in [1.54, 1.807) is 12.1 Å². The molecule has 2 aromatic carbocycles. The highest BCUT2D eigenvalue weighted by molar-refractivity contribution is 6.33. The molecule has 0 radical (unpaired) electrons. The smallest absolute Gasteiger partial charge is 0.183 e. The minimum absolute atomic E-state index is 0.585. The van der Waals surface area contributed by atoms with Crippen molar-refractivity contribution in [3.05, 3.63) is 53.2 Å².